The van der Waals surface area contributed by atoms with Crippen LogP contribution in [-0.4, -0.2) is 71.8 Å². The third kappa shape index (κ3) is 7.14. The van der Waals surface area contributed by atoms with Crippen LogP contribution in [0.2, 0.25) is 0 Å². The highest BCUT2D eigenvalue weighted by Gasteiger charge is 2.33. The maximum absolute atomic E-state index is 13.5. The van der Waals surface area contributed by atoms with Gasteiger partial charge in [0.25, 0.3) is 0 Å². The summed E-state index contributed by atoms with van der Waals surface area (Å²) in [6, 6.07) is 8.63. The molecule has 4 rings (SSSR count). The Labute approximate surface area is 202 Å². The fourth-order valence-corrected chi connectivity index (χ4v) is 3.92. The van der Waals surface area contributed by atoms with Crippen LogP contribution >= 0.6 is 0 Å². The van der Waals surface area contributed by atoms with Crippen LogP contribution in [0.3, 0.4) is 0 Å². The van der Waals surface area contributed by atoms with Gasteiger partial charge in [0.1, 0.15) is 36.2 Å². The van der Waals surface area contributed by atoms with Gasteiger partial charge in [-0.1, -0.05) is 6.07 Å². The molecular weight excluding hydrogens is 460 g/mol. The van der Waals surface area contributed by atoms with E-state index in [9.17, 15) is 13.9 Å². The van der Waals surface area contributed by atoms with E-state index in [0.717, 1.165) is 23.8 Å². The Morgan fingerprint density at radius 1 is 1.11 bits per heavy atom. The normalized spacial score (nSPS) is 18.7. The van der Waals surface area contributed by atoms with E-state index in [4.69, 9.17) is 18.9 Å². The first-order chi connectivity index (χ1) is 16.9. The molecule has 1 aliphatic heterocycles. The Morgan fingerprint density at radius 2 is 1.94 bits per heavy atom. The number of hydrogen-bond donors (Lipinski definition) is 1. The van der Waals surface area contributed by atoms with Crippen molar-refractivity contribution >= 4 is 0 Å². The van der Waals surface area contributed by atoms with E-state index >= 15 is 0 Å². The summed E-state index contributed by atoms with van der Waals surface area (Å²) >= 11 is 0. The van der Waals surface area contributed by atoms with E-state index in [2.05, 4.69) is 4.98 Å². The molecule has 0 radical (unpaired) electrons. The minimum Gasteiger partial charge on any atom is -0.493 e. The molecule has 1 saturated heterocycles. The molecule has 3 aromatic rings. The second-order valence-corrected chi connectivity index (χ2v) is 8.52. The van der Waals surface area contributed by atoms with Crippen molar-refractivity contribution in [3.63, 3.8) is 0 Å². The zero-order valence-corrected chi connectivity index (χ0v) is 19.5. The lowest BCUT2D eigenvalue weighted by molar-refractivity contribution is -0.0647. The van der Waals surface area contributed by atoms with Gasteiger partial charge in [-0.3, -0.25) is 4.90 Å². The fraction of sp³-hybridized carbons (Fsp3) is 0.400. The quantitative estimate of drug-likeness (QED) is 0.469. The van der Waals surface area contributed by atoms with Crippen LogP contribution < -0.4 is 14.2 Å². The number of hydrogen-bond acceptors (Lipinski definition) is 7. The van der Waals surface area contributed by atoms with Crippen molar-refractivity contribution in [3.05, 3.63) is 72.3 Å². The molecular formula is C25H29F2N3O5. The number of aliphatic hydroxyl groups is 1. The SMILES string of the molecule is COc1ccc(CN2CCOCC(O)(COc3cc(F)cc(F)c3)C2)cc1OCCn1ccnc1. The summed E-state index contributed by atoms with van der Waals surface area (Å²) < 4.78 is 51.3. The van der Waals surface area contributed by atoms with Gasteiger partial charge in [0.2, 0.25) is 0 Å². The molecule has 188 valence electrons. The zero-order valence-electron chi connectivity index (χ0n) is 19.5. The van der Waals surface area contributed by atoms with Gasteiger partial charge in [-0.2, -0.15) is 0 Å². The lowest BCUT2D eigenvalue weighted by atomic mass is 10.1. The number of benzene rings is 2. The van der Waals surface area contributed by atoms with Crippen molar-refractivity contribution in [1.82, 2.24) is 14.5 Å². The molecule has 0 amide bonds. The second kappa shape index (κ2) is 11.5. The van der Waals surface area contributed by atoms with Gasteiger partial charge >= 0.3 is 0 Å². The first kappa shape index (κ1) is 24.9. The van der Waals surface area contributed by atoms with Crippen LogP contribution in [0.15, 0.2) is 55.1 Å². The average molecular weight is 490 g/mol. The molecule has 2 heterocycles. The summed E-state index contributed by atoms with van der Waals surface area (Å²) in [6.45, 7) is 2.80. The number of aromatic nitrogens is 2. The van der Waals surface area contributed by atoms with Gasteiger partial charge in [-0.05, 0) is 17.7 Å². The van der Waals surface area contributed by atoms with E-state index in [-0.39, 0.29) is 25.5 Å². The molecule has 0 saturated carbocycles. The number of β-amino-alcohol motifs (C(OH)–C–C–N with tert-alkyl or cyclic N) is 1. The minimum atomic E-state index is -1.35. The highest BCUT2D eigenvalue weighted by Crippen LogP contribution is 2.29. The van der Waals surface area contributed by atoms with Crippen molar-refractivity contribution in [2.45, 2.75) is 18.7 Å². The fourth-order valence-electron chi connectivity index (χ4n) is 3.92. The van der Waals surface area contributed by atoms with E-state index in [1.807, 2.05) is 33.9 Å². The van der Waals surface area contributed by atoms with E-state index in [1.54, 1.807) is 19.6 Å². The minimum absolute atomic E-state index is 0.0133. The van der Waals surface area contributed by atoms with Gasteiger partial charge in [-0.25, -0.2) is 13.8 Å². The number of nitrogens with zero attached hydrogens (tertiary/aromatic N) is 3. The van der Waals surface area contributed by atoms with Crippen LogP contribution in [0.1, 0.15) is 5.56 Å². The molecule has 1 fully saturated rings. The standard InChI is InChI=1S/C25H29F2N3O5/c1-32-23-3-2-19(10-24(23)34-9-7-29-5-4-28-18-29)14-30-6-8-33-16-25(31,15-30)17-35-22-12-20(26)11-21(27)13-22/h2-5,10-13,18,31H,6-9,14-17H2,1H3. The number of ether oxygens (including phenoxy) is 4. The molecule has 0 bridgehead atoms. The van der Waals surface area contributed by atoms with Gasteiger partial charge in [0.05, 0.1) is 33.2 Å². The van der Waals surface area contributed by atoms with Crippen molar-refractivity contribution < 1.29 is 32.8 Å². The average Bonchev–Trinajstić information content (AvgIpc) is 3.27. The van der Waals surface area contributed by atoms with E-state index < -0.39 is 17.2 Å². The molecule has 1 unspecified atom stereocenters. The van der Waals surface area contributed by atoms with Crippen LogP contribution in [0.25, 0.3) is 0 Å². The molecule has 10 heteroatoms. The third-order valence-corrected chi connectivity index (χ3v) is 5.58. The maximum Gasteiger partial charge on any atom is 0.161 e. The summed E-state index contributed by atoms with van der Waals surface area (Å²) in [7, 11) is 1.59. The van der Waals surface area contributed by atoms with Crippen molar-refractivity contribution in [3.8, 4) is 17.2 Å². The largest absolute Gasteiger partial charge is 0.493 e. The summed E-state index contributed by atoms with van der Waals surface area (Å²) in [4.78, 5) is 6.06. The van der Waals surface area contributed by atoms with Crippen molar-refractivity contribution in [1.29, 1.82) is 0 Å². The molecule has 0 aliphatic carbocycles. The Morgan fingerprint density at radius 3 is 2.69 bits per heavy atom. The zero-order chi connectivity index (χ0) is 24.7. The Kier molecular flexibility index (Phi) is 8.17. The molecule has 2 aromatic carbocycles. The van der Waals surface area contributed by atoms with Crippen molar-refractivity contribution in [2.75, 3.05) is 46.6 Å². The number of imidazole rings is 1. The van der Waals surface area contributed by atoms with Gasteiger partial charge < -0.3 is 28.6 Å². The monoisotopic (exact) mass is 489 g/mol. The molecule has 1 atom stereocenters. The van der Waals surface area contributed by atoms with Crippen LogP contribution in [-0.2, 0) is 17.8 Å². The smallest absolute Gasteiger partial charge is 0.161 e. The first-order valence-electron chi connectivity index (χ1n) is 11.3. The highest BCUT2D eigenvalue weighted by molar-refractivity contribution is 5.43. The summed E-state index contributed by atoms with van der Waals surface area (Å²) in [5.74, 6) is -0.213. The van der Waals surface area contributed by atoms with E-state index in [0.29, 0.717) is 44.3 Å². The Hall–Kier alpha value is -3.21. The van der Waals surface area contributed by atoms with E-state index in [1.165, 1.54) is 0 Å². The summed E-state index contributed by atoms with van der Waals surface area (Å²) in [5, 5.41) is 11.1. The predicted molar refractivity (Wildman–Crippen MR) is 124 cm³/mol. The predicted octanol–water partition coefficient (Wildman–Crippen LogP) is 2.89. The molecule has 1 aliphatic rings. The topological polar surface area (TPSA) is 78.2 Å². The van der Waals surface area contributed by atoms with Crippen LogP contribution in [0.5, 0.6) is 17.2 Å². The Balaban J connectivity index is 1.38. The van der Waals surface area contributed by atoms with Gasteiger partial charge in [-0.15, -0.1) is 0 Å². The number of halogens is 2. The van der Waals surface area contributed by atoms with Gasteiger partial charge in [0.15, 0.2) is 11.5 Å². The molecule has 0 spiro atoms. The maximum atomic E-state index is 13.5. The molecule has 8 nitrogen and oxygen atoms in total. The second-order valence-electron chi connectivity index (χ2n) is 8.52. The lowest BCUT2D eigenvalue weighted by Crippen LogP contribution is -2.48. The highest BCUT2D eigenvalue weighted by atomic mass is 19.1. The molecule has 35 heavy (non-hydrogen) atoms. The third-order valence-electron chi connectivity index (χ3n) is 5.58. The van der Waals surface area contributed by atoms with Crippen LogP contribution in [0, 0.1) is 11.6 Å². The molecule has 1 aromatic heterocycles. The van der Waals surface area contributed by atoms with Crippen LogP contribution in [0.4, 0.5) is 8.78 Å². The van der Waals surface area contributed by atoms with Gasteiger partial charge in [0, 0.05) is 50.2 Å². The first-order valence-corrected chi connectivity index (χ1v) is 11.3. The number of methoxy groups -OCH3 is 1. The van der Waals surface area contributed by atoms with Crippen molar-refractivity contribution in [2.24, 2.45) is 0 Å². The number of rotatable bonds is 10. The lowest BCUT2D eigenvalue weighted by Gasteiger charge is -2.30. The summed E-state index contributed by atoms with van der Waals surface area (Å²) in [5.41, 5.74) is -0.378. The summed E-state index contributed by atoms with van der Waals surface area (Å²) in [6.07, 6.45) is 5.32. The molecule has 1 N–H and O–H groups in total. The Bertz CT molecular complexity index is 1080.